The van der Waals surface area contributed by atoms with Gasteiger partial charge in [-0.3, -0.25) is 14.5 Å². The number of ether oxygens (including phenoxy) is 1. The first-order chi connectivity index (χ1) is 15.4. The molecule has 1 aliphatic rings. The number of H-pyrrole nitrogens is 1. The molecule has 1 aromatic heterocycles. The van der Waals surface area contributed by atoms with Crippen molar-refractivity contribution in [3.63, 3.8) is 0 Å². The maximum atomic E-state index is 12.6. The Hall–Kier alpha value is -3.32. The number of benzene rings is 2. The molecule has 7 nitrogen and oxygen atoms in total. The summed E-state index contributed by atoms with van der Waals surface area (Å²) in [5.74, 6) is 1.18. The minimum absolute atomic E-state index is 0.0604. The van der Waals surface area contributed by atoms with Crippen LogP contribution in [0.5, 0.6) is 5.75 Å². The highest BCUT2D eigenvalue weighted by Gasteiger charge is 2.24. The largest absolute Gasteiger partial charge is 0.497 e. The van der Waals surface area contributed by atoms with E-state index < -0.39 is 0 Å². The number of aromatic nitrogens is 1. The lowest BCUT2D eigenvalue weighted by molar-refractivity contribution is -0.117. The SMILES string of the molecule is COc1ccc2[nH]cc(C3CCN(CC(=O)Nc4cccc(C(=O)N(C)C)c4)CC3)c2c1. The van der Waals surface area contributed by atoms with Gasteiger partial charge in [0.2, 0.25) is 5.91 Å². The molecule has 0 radical (unpaired) electrons. The number of carbonyl (C=O) groups excluding carboxylic acids is 2. The van der Waals surface area contributed by atoms with E-state index in [1.54, 1.807) is 39.4 Å². The number of nitrogens with zero attached hydrogens (tertiary/aromatic N) is 2. The van der Waals surface area contributed by atoms with Crippen LogP contribution in [0.3, 0.4) is 0 Å². The number of nitrogens with one attached hydrogen (secondary N) is 2. The average molecular weight is 435 g/mol. The molecule has 4 rings (SSSR count). The normalized spacial score (nSPS) is 15.0. The molecule has 1 saturated heterocycles. The van der Waals surface area contributed by atoms with Crippen LogP contribution in [0.15, 0.2) is 48.7 Å². The van der Waals surface area contributed by atoms with Gasteiger partial charge in [0.1, 0.15) is 5.75 Å². The highest BCUT2D eigenvalue weighted by atomic mass is 16.5. The lowest BCUT2D eigenvalue weighted by Gasteiger charge is -2.31. The number of amides is 2. The van der Waals surface area contributed by atoms with E-state index in [9.17, 15) is 9.59 Å². The number of methoxy groups -OCH3 is 1. The zero-order valence-corrected chi connectivity index (χ0v) is 18.9. The number of piperidine rings is 1. The van der Waals surface area contributed by atoms with Gasteiger partial charge in [0.15, 0.2) is 0 Å². The second-order valence-corrected chi connectivity index (χ2v) is 8.53. The van der Waals surface area contributed by atoms with Crippen molar-refractivity contribution in [1.82, 2.24) is 14.8 Å². The van der Waals surface area contributed by atoms with Crippen molar-refractivity contribution in [3.05, 3.63) is 59.8 Å². The molecule has 7 heteroatoms. The molecule has 0 unspecified atom stereocenters. The molecule has 2 N–H and O–H groups in total. The summed E-state index contributed by atoms with van der Waals surface area (Å²) in [6.07, 6.45) is 4.12. The molecule has 2 heterocycles. The van der Waals surface area contributed by atoms with E-state index in [2.05, 4.69) is 33.5 Å². The molecule has 168 valence electrons. The third-order valence-corrected chi connectivity index (χ3v) is 6.11. The summed E-state index contributed by atoms with van der Waals surface area (Å²) in [5.41, 5.74) is 3.65. The smallest absolute Gasteiger partial charge is 0.253 e. The van der Waals surface area contributed by atoms with Gasteiger partial charge in [-0.25, -0.2) is 0 Å². The minimum atomic E-state index is -0.0851. The van der Waals surface area contributed by atoms with Crippen molar-refractivity contribution >= 4 is 28.4 Å². The van der Waals surface area contributed by atoms with Crippen LogP contribution < -0.4 is 10.1 Å². The zero-order valence-electron chi connectivity index (χ0n) is 18.9. The van der Waals surface area contributed by atoms with Crippen LogP contribution in [0, 0.1) is 0 Å². The van der Waals surface area contributed by atoms with Crippen LogP contribution in [-0.4, -0.2) is 67.4 Å². The Labute approximate surface area is 188 Å². The Morgan fingerprint density at radius 2 is 1.94 bits per heavy atom. The highest BCUT2D eigenvalue weighted by molar-refractivity contribution is 5.97. The summed E-state index contributed by atoms with van der Waals surface area (Å²) >= 11 is 0. The molecule has 0 spiro atoms. The number of fused-ring (bicyclic) bond motifs is 1. The molecule has 2 aromatic carbocycles. The Bertz CT molecular complexity index is 1110. The molecule has 0 atom stereocenters. The van der Waals surface area contributed by atoms with Gasteiger partial charge in [0, 0.05) is 42.4 Å². The summed E-state index contributed by atoms with van der Waals surface area (Å²) in [5, 5.41) is 4.14. The van der Waals surface area contributed by atoms with Gasteiger partial charge in [-0.1, -0.05) is 6.07 Å². The number of hydrogen-bond donors (Lipinski definition) is 2. The average Bonchev–Trinajstić information content (AvgIpc) is 3.22. The number of rotatable bonds is 6. The topological polar surface area (TPSA) is 77.7 Å². The standard InChI is InChI=1S/C25H30N4O3/c1-28(2)25(31)18-5-4-6-19(13-18)27-24(30)16-29-11-9-17(10-12-29)22-15-26-23-8-7-20(32-3)14-21(22)23/h4-8,13-15,17,26H,9-12,16H2,1-3H3,(H,27,30). The Kier molecular flexibility index (Phi) is 6.46. The minimum Gasteiger partial charge on any atom is -0.497 e. The fourth-order valence-electron chi connectivity index (χ4n) is 4.38. The number of hydrogen-bond acceptors (Lipinski definition) is 4. The first-order valence-corrected chi connectivity index (χ1v) is 10.9. The summed E-state index contributed by atoms with van der Waals surface area (Å²) < 4.78 is 5.39. The third-order valence-electron chi connectivity index (χ3n) is 6.11. The molecule has 0 bridgehead atoms. The molecular formula is C25H30N4O3. The quantitative estimate of drug-likeness (QED) is 0.620. The second kappa shape index (κ2) is 9.44. The first-order valence-electron chi connectivity index (χ1n) is 10.9. The molecule has 3 aromatic rings. The van der Waals surface area contributed by atoms with Gasteiger partial charge in [0.25, 0.3) is 5.91 Å². The fourth-order valence-corrected chi connectivity index (χ4v) is 4.38. The number of aromatic amines is 1. The van der Waals surface area contributed by atoms with Crippen LogP contribution in [0.4, 0.5) is 5.69 Å². The van der Waals surface area contributed by atoms with Gasteiger partial charge >= 0.3 is 0 Å². The Balaban J connectivity index is 1.33. The predicted molar refractivity (Wildman–Crippen MR) is 126 cm³/mol. The van der Waals surface area contributed by atoms with Crippen LogP contribution in [-0.2, 0) is 4.79 Å². The lowest BCUT2D eigenvalue weighted by Crippen LogP contribution is -2.38. The predicted octanol–water partition coefficient (Wildman–Crippen LogP) is 3.70. The second-order valence-electron chi connectivity index (χ2n) is 8.53. The molecule has 0 aliphatic carbocycles. The van der Waals surface area contributed by atoms with Gasteiger partial charge < -0.3 is 19.9 Å². The van der Waals surface area contributed by atoms with Crippen molar-refractivity contribution in [3.8, 4) is 5.75 Å². The van der Waals surface area contributed by atoms with Gasteiger partial charge in [0.05, 0.1) is 13.7 Å². The van der Waals surface area contributed by atoms with Crippen molar-refractivity contribution in [2.24, 2.45) is 0 Å². The van der Waals surface area contributed by atoms with E-state index in [1.165, 1.54) is 15.8 Å². The van der Waals surface area contributed by atoms with E-state index in [4.69, 9.17) is 4.74 Å². The lowest BCUT2D eigenvalue weighted by atomic mass is 9.89. The number of carbonyl (C=O) groups is 2. The van der Waals surface area contributed by atoms with E-state index in [-0.39, 0.29) is 11.8 Å². The first kappa shape index (κ1) is 21.9. The van der Waals surface area contributed by atoms with E-state index in [0.29, 0.717) is 23.7 Å². The van der Waals surface area contributed by atoms with Crippen LogP contribution >= 0.6 is 0 Å². The molecule has 32 heavy (non-hydrogen) atoms. The van der Waals surface area contributed by atoms with E-state index in [0.717, 1.165) is 37.2 Å². The van der Waals surface area contributed by atoms with Gasteiger partial charge in [-0.15, -0.1) is 0 Å². The van der Waals surface area contributed by atoms with Crippen LogP contribution in [0.2, 0.25) is 0 Å². The fraction of sp³-hybridized carbons (Fsp3) is 0.360. The van der Waals surface area contributed by atoms with Crippen molar-refractivity contribution < 1.29 is 14.3 Å². The third kappa shape index (κ3) is 4.78. The summed E-state index contributed by atoms with van der Waals surface area (Å²) in [4.78, 5) is 31.8. The van der Waals surface area contributed by atoms with Crippen molar-refractivity contribution in [2.75, 3.05) is 46.2 Å². The molecule has 0 saturated carbocycles. The van der Waals surface area contributed by atoms with Gasteiger partial charge in [-0.2, -0.15) is 0 Å². The van der Waals surface area contributed by atoms with Gasteiger partial charge in [-0.05, 0) is 73.8 Å². The Morgan fingerprint density at radius 3 is 2.66 bits per heavy atom. The monoisotopic (exact) mass is 434 g/mol. The molecule has 1 fully saturated rings. The van der Waals surface area contributed by atoms with Crippen LogP contribution in [0.1, 0.15) is 34.7 Å². The maximum Gasteiger partial charge on any atom is 0.253 e. The van der Waals surface area contributed by atoms with E-state index >= 15 is 0 Å². The summed E-state index contributed by atoms with van der Waals surface area (Å²) in [7, 11) is 5.11. The van der Waals surface area contributed by atoms with Crippen molar-refractivity contribution in [2.45, 2.75) is 18.8 Å². The molecular weight excluding hydrogens is 404 g/mol. The maximum absolute atomic E-state index is 12.6. The molecule has 2 amide bonds. The van der Waals surface area contributed by atoms with Crippen molar-refractivity contribution in [1.29, 1.82) is 0 Å². The Morgan fingerprint density at radius 1 is 1.16 bits per heavy atom. The summed E-state index contributed by atoms with van der Waals surface area (Å²) in [6.45, 7) is 2.09. The van der Waals surface area contributed by atoms with Crippen LogP contribution in [0.25, 0.3) is 10.9 Å². The zero-order chi connectivity index (χ0) is 22.7. The van der Waals surface area contributed by atoms with E-state index in [1.807, 2.05) is 12.1 Å². The molecule has 1 aliphatic heterocycles. The highest BCUT2D eigenvalue weighted by Crippen LogP contribution is 2.34. The number of likely N-dealkylation sites (tertiary alicyclic amines) is 1. The number of anilines is 1. The summed E-state index contributed by atoms with van der Waals surface area (Å²) in [6, 6.07) is 13.2.